The first-order valence-corrected chi connectivity index (χ1v) is 10.7. The van der Waals surface area contributed by atoms with Crippen molar-refractivity contribution in [3.05, 3.63) is 59.3 Å². The summed E-state index contributed by atoms with van der Waals surface area (Å²) >= 11 is 0. The van der Waals surface area contributed by atoms with Crippen molar-refractivity contribution in [2.45, 2.75) is 38.3 Å². The average molecular weight is 444 g/mol. The molecule has 2 aliphatic rings. The van der Waals surface area contributed by atoms with Crippen LogP contribution in [0.1, 0.15) is 28.5 Å². The Balaban J connectivity index is 1.07. The number of aromatic nitrogens is 8. The van der Waals surface area contributed by atoms with Crippen LogP contribution in [0.5, 0.6) is 0 Å². The predicted octanol–water partition coefficient (Wildman–Crippen LogP) is 0.746. The van der Waals surface area contributed by atoms with Gasteiger partial charge in [-0.25, -0.2) is 9.97 Å². The Morgan fingerprint density at radius 1 is 1.15 bits per heavy atom. The smallest absolute Gasteiger partial charge is 0.250 e. The number of anilines is 1. The van der Waals surface area contributed by atoms with Gasteiger partial charge in [0.1, 0.15) is 12.1 Å². The minimum atomic E-state index is -0.0957. The molecule has 0 fully saturated rings. The summed E-state index contributed by atoms with van der Waals surface area (Å²) in [6.45, 7) is 1.03. The molecule has 1 aliphatic heterocycles. The van der Waals surface area contributed by atoms with E-state index in [2.05, 4.69) is 51.9 Å². The maximum Gasteiger partial charge on any atom is 0.250 e. The molecule has 0 spiro atoms. The zero-order valence-corrected chi connectivity index (χ0v) is 17.6. The van der Waals surface area contributed by atoms with Gasteiger partial charge in [-0.2, -0.15) is 0 Å². The molecule has 12 heteroatoms. The van der Waals surface area contributed by atoms with Gasteiger partial charge in [-0.15, -0.1) is 15.3 Å². The molecule has 1 amide bonds. The molecule has 33 heavy (non-hydrogen) atoms. The fraction of sp³-hybridized carbons (Fsp3) is 0.333. The van der Waals surface area contributed by atoms with Gasteiger partial charge in [0, 0.05) is 49.7 Å². The molecular formula is C21H20N10O2. The van der Waals surface area contributed by atoms with Gasteiger partial charge >= 0.3 is 0 Å². The summed E-state index contributed by atoms with van der Waals surface area (Å²) in [6, 6.07) is 4.27. The normalized spacial score (nSPS) is 17.0. The molecule has 4 aromatic heterocycles. The first-order valence-electron chi connectivity index (χ1n) is 10.7. The number of hydrogen-bond acceptors (Lipinski definition) is 10. The zero-order valence-electron chi connectivity index (χ0n) is 17.6. The van der Waals surface area contributed by atoms with Gasteiger partial charge in [0.2, 0.25) is 17.7 Å². The van der Waals surface area contributed by atoms with Gasteiger partial charge in [-0.05, 0) is 18.1 Å². The topological polar surface area (TPSA) is 152 Å². The molecule has 12 nitrogen and oxygen atoms in total. The summed E-state index contributed by atoms with van der Waals surface area (Å²) in [5.74, 6) is 0.962. The van der Waals surface area contributed by atoms with E-state index < -0.39 is 0 Å². The van der Waals surface area contributed by atoms with E-state index in [1.807, 2.05) is 12.3 Å². The van der Waals surface area contributed by atoms with Crippen LogP contribution in [0.2, 0.25) is 0 Å². The standard InChI is InChI=1S/C21H20N10O2/c32-19(31-5-3-15-17(11-31)27-30-26-15)8-18-28-29-20(33-18)13-9-23-21(24-10-13)25-14-6-12-2-1-4-22-16(12)7-14/h1-2,4,9-10,14H,3,5-8,11H2,(H,23,24,25)(H,26,27,30). The Morgan fingerprint density at radius 3 is 2.94 bits per heavy atom. The van der Waals surface area contributed by atoms with Gasteiger partial charge in [0.15, 0.2) is 0 Å². The summed E-state index contributed by atoms with van der Waals surface area (Å²) in [7, 11) is 0. The Labute approximate surface area is 187 Å². The fourth-order valence-corrected chi connectivity index (χ4v) is 4.21. The second kappa shape index (κ2) is 8.04. The molecule has 6 rings (SSSR count). The van der Waals surface area contributed by atoms with E-state index in [4.69, 9.17) is 4.42 Å². The fourth-order valence-electron chi connectivity index (χ4n) is 4.21. The summed E-state index contributed by atoms with van der Waals surface area (Å²) < 4.78 is 5.69. The van der Waals surface area contributed by atoms with E-state index in [0.29, 0.717) is 31.0 Å². The molecule has 0 saturated heterocycles. The molecule has 2 N–H and O–H groups in total. The van der Waals surface area contributed by atoms with E-state index in [9.17, 15) is 4.79 Å². The molecule has 0 radical (unpaired) electrons. The van der Waals surface area contributed by atoms with Crippen molar-refractivity contribution in [3.63, 3.8) is 0 Å². The third-order valence-corrected chi connectivity index (χ3v) is 5.92. The number of fused-ring (bicyclic) bond motifs is 2. The van der Waals surface area contributed by atoms with E-state index >= 15 is 0 Å². The first-order chi connectivity index (χ1) is 16.2. The molecule has 0 saturated carbocycles. The Hall–Kier alpha value is -4.22. The highest BCUT2D eigenvalue weighted by Crippen LogP contribution is 2.23. The van der Waals surface area contributed by atoms with Crippen molar-refractivity contribution < 1.29 is 9.21 Å². The SMILES string of the molecule is O=C(Cc1nnc(-c2cnc(NC3Cc4cccnc4C3)nc2)o1)N1CCc2[nH]nnc2C1. The van der Waals surface area contributed by atoms with Crippen molar-refractivity contribution in [2.24, 2.45) is 0 Å². The van der Waals surface area contributed by atoms with Crippen LogP contribution in [-0.2, 0) is 37.0 Å². The molecule has 0 bridgehead atoms. The van der Waals surface area contributed by atoms with Crippen LogP contribution in [0, 0.1) is 0 Å². The van der Waals surface area contributed by atoms with Crippen molar-refractivity contribution in [2.75, 3.05) is 11.9 Å². The van der Waals surface area contributed by atoms with Gasteiger partial charge in [0.25, 0.3) is 5.89 Å². The number of nitrogens with one attached hydrogen (secondary N) is 2. The van der Waals surface area contributed by atoms with E-state index in [0.717, 1.165) is 29.9 Å². The summed E-state index contributed by atoms with van der Waals surface area (Å²) in [6.07, 6.45) is 7.54. The lowest BCUT2D eigenvalue weighted by atomic mass is 10.1. The minimum absolute atomic E-state index is 0.0248. The molecule has 5 heterocycles. The quantitative estimate of drug-likeness (QED) is 0.451. The van der Waals surface area contributed by atoms with Crippen molar-refractivity contribution >= 4 is 11.9 Å². The first kappa shape index (κ1) is 19.5. The number of H-pyrrole nitrogens is 1. The Bertz CT molecular complexity index is 1270. The van der Waals surface area contributed by atoms with Gasteiger partial charge < -0.3 is 14.6 Å². The number of aromatic amines is 1. The third kappa shape index (κ3) is 3.90. The number of carbonyl (C=O) groups is 1. The van der Waals surface area contributed by atoms with Crippen LogP contribution in [-0.4, -0.2) is 64.0 Å². The predicted molar refractivity (Wildman–Crippen MR) is 114 cm³/mol. The van der Waals surface area contributed by atoms with E-state index in [1.165, 1.54) is 5.56 Å². The van der Waals surface area contributed by atoms with Crippen LogP contribution in [0.25, 0.3) is 11.5 Å². The molecule has 1 atom stereocenters. The maximum atomic E-state index is 12.6. The van der Waals surface area contributed by atoms with Crippen LogP contribution >= 0.6 is 0 Å². The van der Waals surface area contributed by atoms with Crippen molar-refractivity contribution in [1.82, 2.24) is 45.5 Å². The number of carbonyl (C=O) groups excluding carboxylic acids is 1. The molecule has 1 unspecified atom stereocenters. The van der Waals surface area contributed by atoms with Gasteiger partial charge in [-0.3, -0.25) is 14.9 Å². The average Bonchev–Trinajstić information content (AvgIpc) is 3.58. The Kier molecular flexibility index (Phi) is 4.74. The van der Waals surface area contributed by atoms with Crippen LogP contribution in [0.15, 0.2) is 35.1 Å². The highest BCUT2D eigenvalue weighted by atomic mass is 16.4. The molecule has 1 aliphatic carbocycles. The highest BCUT2D eigenvalue weighted by Gasteiger charge is 2.25. The van der Waals surface area contributed by atoms with Crippen molar-refractivity contribution in [3.8, 4) is 11.5 Å². The number of nitrogens with zero attached hydrogens (tertiary/aromatic N) is 8. The number of amides is 1. The second-order valence-electron chi connectivity index (χ2n) is 8.13. The van der Waals surface area contributed by atoms with Crippen LogP contribution in [0.3, 0.4) is 0 Å². The number of pyridine rings is 1. The molecule has 0 aromatic carbocycles. The van der Waals surface area contributed by atoms with Gasteiger partial charge in [-0.1, -0.05) is 11.3 Å². The lowest BCUT2D eigenvalue weighted by Crippen LogP contribution is -2.37. The summed E-state index contributed by atoms with van der Waals surface area (Å²) in [5, 5.41) is 22.1. The summed E-state index contributed by atoms with van der Waals surface area (Å²) in [5.41, 5.74) is 4.74. The zero-order chi connectivity index (χ0) is 22.2. The van der Waals surface area contributed by atoms with E-state index in [1.54, 1.807) is 17.3 Å². The molecular weight excluding hydrogens is 424 g/mol. The third-order valence-electron chi connectivity index (χ3n) is 5.92. The molecule has 166 valence electrons. The number of rotatable bonds is 5. The monoisotopic (exact) mass is 444 g/mol. The highest BCUT2D eigenvalue weighted by molar-refractivity contribution is 5.78. The molecule has 4 aromatic rings. The number of hydrogen-bond donors (Lipinski definition) is 2. The lowest BCUT2D eigenvalue weighted by Gasteiger charge is -2.25. The lowest BCUT2D eigenvalue weighted by molar-refractivity contribution is -0.131. The van der Waals surface area contributed by atoms with Crippen LogP contribution < -0.4 is 5.32 Å². The van der Waals surface area contributed by atoms with Crippen LogP contribution in [0.4, 0.5) is 5.95 Å². The van der Waals surface area contributed by atoms with E-state index in [-0.39, 0.29) is 30.2 Å². The second-order valence-corrected chi connectivity index (χ2v) is 8.13. The van der Waals surface area contributed by atoms with Crippen molar-refractivity contribution in [1.29, 1.82) is 0 Å². The largest absolute Gasteiger partial charge is 0.420 e. The summed E-state index contributed by atoms with van der Waals surface area (Å²) in [4.78, 5) is 27.5. The van der Waals surface area contributed by atoms with Gasteiger partial charge in [0.05, 0.1) is 17.8 Å². The Morgan fingerprint density at radius 2 is 2.06 bits per heavy atom. The minimum Gasteiger partial charge on any atom is -0.420 e. The maximum absolute atomic E-state index is 12.6.